The van der Waals surface area contributed by atoms with Crippen LogP contribution in [0, 0.1) is 0 Å². The van der Waals surface area contributed by atoms with Gasteiger partial charge in [-0.05, 0) is 13.1 Å². The lowest BCUT2D eigenvalue weighted by Crippen LogP contribution is -2.04. The Balaban J connectivity index is 2.43. The molecule has 2 rings (SSSR count). The Morgan fingerprint density at radius 3 is 3.07 bits per heavy atom. The van der Waals surface area contributed by atoms with Gasteiger partial charge in [-0.2, -0.15) is 0 Å². The first-order valence-electron chi connectivity index (χ1n) is 4.37. The second-order valence-electron chi connectivity index (χ2n) is 2.94. The van der Waals surface area contributed by atoms with E-state index in [-0.39, 0.29) is 0 Å². The molecule has 0 bridgehead atoms. The summed E-state index contributed by atoms with van der Waals surface area (Å²) in [7, 11) is 3.48. The van der Waals surface area contributed by atoms with Crippen molar-refractivity contribution in [1.29, 1.82) is 0 Å². The fourth-order valence-electron chi connectivity index (χ4n) is 1.29. The summed E-state index contributed by atoms with van der Waals surface area (Å²) in [5, 5.41) is 7.24. The van der Waals surface area contributed by atoms with Gasteiger partial charge in [0.15, 0.2) is 5.65 Å². The molecule has 0 aliphatic heterocycles. The number of methoxy groups -OCH3 is 1. The number of hydrogen-bond donors (Lipinski definition) is 1. The average molecular weight is 192 g/mol. The van der Waals surface area contributed by atoms with Crippen LogP contribution in [-0.2, 0) is 6.54 Å². The molecule has 2 heterocycles. The lowest BCUT2D eigenvalue weighted by atomic mass is 10.5. The zero-order chi connectivity index (χ0) is 9.97. The van der Waals surface area contributed by atoms with Gasteiger partial charge in [-0.15, -0.1) is 5.10 Å². The van der Waals surface area contributed by atoms with Crippen molar-refractivity contribution in [2.24, 2.45) is 0 Å². The van der Waals surface area contributed by atoms with E-state index in [4.69, 9.17) is 4.74 Å². The van der Waals surface area contributed by atoms with Gasteiger partial charge in [-0.3, -0.25) is 0 Å². The molecule has 74 valence electrons. The van der Waals surface area contributed by atoms with E-state index in [1.165, 1.54) is 0 Å². The molecule has 0 fully saturated rings. The molecule has 0 saturated heterocycles. The van der Waals surface area contributed by atoms with Crippen LogP contribution in [0.4, 0.5) is 0 Å². The van der Waals surface area contributed by atoms with Crippen molar-refractivity contribution in [3.63, 3.8) is 0 Å². The standard InChI is InChI=1S/C9H12N4O/c1-10-5-7-6-13-8(11-7)3-4-9(12-13)14-2/h3-4,6,10H,5H2,1-2H3. The molecule has 0 spiro atoms. The number of ether oxygens (including phenoxy) is 1. The van der Waals surface area contributed by atoms with E-state index in [1.807, 2.05) is 19.3 Å². The maximum absolute atomic E-state index is 5.02. The van der Waals surface area contributed by atoms with Crippen LogP contribution in [0.25, 0.3) is 5.65 Å². The first-order valence-corrected chi connectivity index (χ1v) is 4.37. The molecule has 2 aromatic rings. The largest absolute Gasteiger partial charge is 0.480 e. The molecule has 0 unspecified atom stereocenters. The second-order valence-corrected chi connectivity index (χ2v) is 2.94. The summed E-state index contributed by atoms with van der Waals surface area (Å²) in [6.45, 7) is 0.742. The highest BCUT2D eigenvalue weighted by atomic mass is 16.5. The zero-order valence-corrected chi connectivity index (χ0v) is 8.19. The smallest absolute Gasteiger partial charge is 0.231 e. The number of nitrogens with zero attached hydrogens (tertiary/aromatic N) is 3. The molecular formula is C9H12N4O. The van der Waals surface area contributed by atoms with Crippen molar-refractivity contribution < 1.29 is 4.74 Å². The van der Waals surface area contributed by atoms with E-state index in [1.54, 1.807) is 17.7 Å². The van der Waals surface area contributed by atoms with Gasteiger partial charge in [0.05, 0.1) is 19.0 Å². The molecule has 14 heavy (non-hydrogen) atoms. The maximum atomic E-state index is 5.02. The monoisotopic (exact) mass is 192 g/mol. The van der Waals surface area contributed by atoms with Gasteiger partial charge in [-0.25, -0.2) is 9.50 Å². The predicted molar refractivity (Wildman–Crippen MR) is 52.3 cm³/mol. The maximum Gasteiger partial charge on any atom is 0.231 e. The lowest BCUT2D eigenvalue weighted by Gasteiger charge is -1.96. The molecule has 5 heteroatoms. The molecule has 2 aromatic heterocycles. The van der Waals surface area contributed by atoms with Gasteiger partial charge in [0, 0.05) is 12.6 Å². The topological polar surface area (TPSA) is 51.5 Å². The van der Waals surface area contributed by atoms with Gasteiger partial charge in [0.2, 0.25) is 5.88 Å². The van der Waals surface area contributed by atoms with Crippen LogP contribution in [0.3, 0.4) is 0 Å². The summed E-state index contributed by atoms with van der Waals surface area (Å²) in [6.07, 6.45) is 1.88. The summed E-state index contributed by atoms with van der Waals surface area (Å²) in [5.41, 5.74) is 1.80. The Hall–Kier alpha value is -1.62. The number of imidazole rings is 1. The van der Waals surface area contributed by atoms with Crippen molar-refractivity contribution in [3.8, 4) is 5.88 Å². The van der Waals surface area contributed by atoms with Crippen LogP contribution in [0.1, 0.15) is 5.69 Å². The Labute approximate surface area is 81.7 Å². The summed E-state index contributed by atoms with van der Waals surface area (Å²) in [5.74, 6) is 0.589. The van der Waals surface area contributed by atoms with Crippen molar-refractivity contribution >= 4 is 5.65 Å². The lowest BCUT2D eigenvalue weighted by molar-refractivity contribution is 0.390. The van der Waals surface area contributed by atoms with Crippen molar-refractivity contribution in [2.75, 3.05) is 14.2 Å². The van der Waals surface area contributed by atoms with Crippen LogP contribution in [0.15, 0.2) is 18.3 Å². The average Bonchev–Trinajstić information content (AvgIpc) is 2.59. The minimum absolute atomic E-state index is 0.589. The normalized spacial score (nSPS) is 10.7. The van der Waals surface area contributed by atoms with Gasteiger partial charge in [-0.1, -0.05) is 0 Å². The first-order chi connectivity index (χ1) is 6.83. The Kier molecular flexibility index (Phi) is 2.32. The van der Waals surface area contributed by atoms with Crippen molar-refractivity contribution in [2.45, 2.75) is 6.54 Å². The summed E-state index contributed by atoms with van der Waals surface area (Å²) in [6, 6.07) is 3.68. The van der Waals surface area contributed by atoms with Crippen LogP contribution in [0.5, 0.6) is 5.88 Å². The van der Waals surface area contributed by atoms with Crippen LogP contribution >= 0.6 is 0 Å². The fraction of sp³-hybridized carbons (Fsp3) is 0.333. The summed E-state index contributed by atoms with van der Waals surface area (Å²) >= 11 is 0. The van der Waals surface area contributed by atoms with Crippen molar-refractivity contribution in [3.05, 3.63) is 24.0 Å². The number of rotatable bonds is 3. The predicted octanol–water partition coefficient (Wildman–Crippen LogP) is 0.457. The minimum Gasteiger partial charge on any atom is -0.480 e. The molecule has 0 atom stereocenters. The van der Waals surface area contributed by atoms with E-state index in [2.05, 4.69) is 15.4 Å². The third-order valence-electron chi connectivity index (χ3n) is 1.91. The number of fused-ring (bicyclic) bond motifs is 1. The number of aromatic nitrogens is 3. The van der Waals surface area contributed by atoms with Crippen molar-refractivity contribution in [1.82, 2.24) is 19.9 Å². The van der Waals surface area contributed by atoms with E-state index >= 15 is 0 Å². The molecule has 0 saturated carbocycles. The Morgan fingerprint density at radius 2 is 2.36 bits per heavy atom. The number of nitrogens with one attached hydrogen (secondary N) is 1. The first kappa shape index (κ1) is 8.96. The van der Waals surface area contributed by atoms with E-state index in [0.29, 0.717) is 5.88 Å². The molecule has 0 radical (unpaired) electrons. The van der Waals surface area contributed by atoms with Crippen LogP contribution < -0.4 is 10.1 Å². The van der Waals surface area contributed by atoms with E-state index in [9.17, 15) is 0 Å². The molecule has 0 aliphatic rings. The molecular weight excluding hydrogens is 180 g/mol. The molecule has 0 aromatic carbocycles. The molecule has 0 aliphatic carbocycles. The fourth-order valence-corrected chi connectivity index (χ4v) is 1.29. The van der Waals surface area contributed by atoms with Gasteiger partial charge < -0.3 is 10.1 Å². The molecule has 1 N–H and O–H groups in total. The van der Waals surface area contributed by atoms with E-state index in [0.717, 1.165) is 17.9 Å². The molecule has 5 nitrogen and oxygen atoms in total. The van der Waals surface area contributed by atoms with Crippen LogP contribution in [-0.4, -0.2) is 28.8 Å². The van der Waals surface area contributed by atoms with Gasteiger partial charge in [0.25, 0.3) is 0 Å². The summed E-state index contributed by atoms with van der Waals surface area (Å²) < 4.78 is 6.73. The number of hydrogen-bond acceptors (Lipinski definition) is 4. The third-order valence-corrected chi connectivity index (χ3v) is 1.91. The summed E-state index contributed by atoms with van der Waals surface area (Å²) in [4.78, 5) is 4.36. The Morgan fingerprint density at radius 1 is 1.50 bits per heavy atom. The minimum atomic E-state index is 0.589. The van der Waals surface area contributed by atoms with E-state index < -0.39 is 0 Å². The highest BCUT2D eigenvalue weighted by Gasteiger charge is 2.02. The zero-order valence-electron chi connectivity index (χ0n) is 8.19. The second kappa shape index (κ2) is 3.63. The quantitative estimate of drug-likeness (QED) is 0.767. The van der Waals surface area contributed by atoms with Gasteiger partial charge in [0.1, 0.15) is 0 Å². The Bertz CT molecular complexity index is 437. The third kappa shape index (κ3) is 1.54. The van der Waals surface area contributed by atoms with Crippen LogP contribution in [0.2, 0.25) is 0 Å². The highest BCUT2D eigenvalue weighted by Crippen LogP contribution is 2.08. The van der Waals surface area contributed by atoms with Gasteiger partial charge >= 0.3 is 0 Å². The molecule has 0 amide bonds. The highest BCUT2D eigenvalue weighted by molar-refractivity contribution is 5.39. The SMILES string of the molecule is CNCc1cn2nc(OC)ccc2n1.